The van der Waals surface area contributed by atoms with E-state index in [1.54, 1.807) is 25.4 Å². The SMILES string of the molecule is COc1ccc2ncc3c(c2n1)NC(C1CCC(NC(=O)c2ccc4c(c2)NC(=O)CS4)CC1)CO3. The number of benzene rings is 1. The van der Waals surface area contributed by atoms with Crippen molar-refractivity contribution < 1.29 is 19.1 Å². The van der Waals surface area contributed by atoms with Crippen molar-refractivity contribution in [2.45, 2.75) is 42.7 Å². The second-order valence-corrected chi connectivity index (χ2v) is 10.4. The predicted molar refractivity (Wildman–Crippen MR) is 138 cm³/mol. The Bertz CT molecular complexity index is 1340. The van der Waals surface area contributed by atoms with Crippen LogP contribution < -0.4 is 25.4 Å². The molecule has 1 fully saturated rings. The summed E-state index contributed by atoms with van der Waals surface area (Å²) in [5, 5.41) is 9.71. The molecule has 6 rings (SSSR count). The summed E-state index contributed by atoms with van der Waals surface area (Å²) in [6, 6.07) is 9.49. The van der Waals surface area contributed by atoms with Crippen molar-refractivity contribution in [2.24, 2.45) is 5.92 Å². The van der Waals surface area contributed by atoms with E-state index < -0.39 is 0 Å². The zero-order valence-electron chi connectivity index (χ0n) is 19.9. The molecule has 2 amide bonds. The summed E-state index contributed by atoms with van der Waals surface area (Å²) in [4.78, 5) is 34.6. The van der Waals surface area contributed by atoms with Gasteiger partial charge in [0.25, 0.3) is 5.91 Å². The summed E-state index contributed by atoms with van der Waals surface area (Å²) in [7, 11) is 1.60. The number of carbonyl (C=O) groups is 2. The molecule has 1 saturated carbocycles. The smallest absolute Gasteiger partial charge is 0.251 e. The molecule has 0 bridgehead atoms. The van der Waals surface area contributed by atoms with E-state index in [1.165, 1.54) is 11.8 Å². The first-order valence-electron chi connectivity index (χ1n) is 12.2. The van der Waals surface area contributed by atoms with Crippen LogP contribution in [0.25, 0.3) is 11.0 Å². The quantitative estimate of drug-likeness (QED) is 0.490. The Morgan fingerprint density at radius 2 is 2.06 bits per heavy atom. The summed E-state index contributed by atoms with van der Waals surface area (Å²) in [5.74, 6) is 1.95. The van der Waals surface area contributed by atoms with E-state index in [-0.39, 0.29) is 23.9 Å². The minimum absolute atomic E-state index is 0.0366. The molecule has 10 heteroatoms. The molecular weight excluding hydrogens is 478 g/mol. The molecule has 1 atom stereocenters. The molecular formula is C26H27N5O4S. The van der Waals surface area contributed by atoms with Crippen LogP contribution in [0, 0.1) is 5.92 Å². The molecule has 1 aromatic carbocycles. The molecule has 2 aliphatic heterocycles. The average Bonchev–Trinajstić information content (AvgIpc) is 2.92. The molecule has 0 spiro atoms. The lowest BCUT2D eigenvalue weighted by Crippen LogP contribution is -2.43. The maximum absolute atomic E-state index is 12.9. The lowest BCUT2D eigenvalue weighted by Gasteiger charge is -2.37. The fourth-order valence-corrected chi connectivity index (χ4v) is 6.00. The number of hydrogen-bond acceptors (Lipinski definition) is 8. The van der Waals surface area contributed by atoms with E-state index in [2.05, 4.69) is 25.9 Å². The molecule has 9 nitrogen and oxygen atoms in total. The number of ether oxygens (including phenoxy) is 2. The van der Waals surface area contributed by atoms with Gasteiger partial charge >= 0.3 is 0 Å². The summed E-state index contributed by atoms with van der Waals surface area (Å²) in [5.41, 5.74) is 3.69. The van der Waals surface area contributed by atoms with Crippen molar-refractivity contribution in [1.29, 1.82) is 0 Å². The molecule has 2 aromatic heterocycles. The van der Waals surface area contributed by atoms with E-state index in [0.29, 0.717) is 41.2 Å². The first-order chi connectivity index (χ1) is 17.6. The molecule has 3 aliphatic rings. The van der Waals surface area contributed by atoms with Gasteiger partial charge < -0.3 is 25.4 Å². The molecule has 0 radical (unpaired) electrons. The molecule has 4 heterocycles. The zero-order chi connectivity index (χ0) is 24.6. The van der Waals surface area contributed by atoms with Crippen LogP contribution in [0.1, 0.15) is 36.0 Å². The Morgan fingerprint density at radius 1 is 1.19 bits per heavy atom. The van der Waals surface area contributed by atoms with Gasteiger partial charge in [-0.05, 0) is 55.9 Å². The summed E-state index contributed by atoms with van der Waals surface area (Å²) < 4.78 is 11.4. The third-order valence-corrected chi connectivity index (χ3v) is 8.23. The summed E-state index contributed by atoms with van der Waals surface area (Å²) in [6.45, 7) is 0.574. The number of carbonyl (C=O) groups excluding carboxylic acids is 2. The van der Waals surface area contributed by atoms with Crippen LogP contribution in [0.4, 0.5) is 11.4 Å². The molecule has 1 aliphatic carbocycles. The monoisotopic (exact) mass is 505 g/mol. The van der Waals surface area contributed by atoms with Crippen LogP contribution in [0.15, 0.2) is 41.4 Å². The molecule has 36 heavy (non-hydrogen) atoms. The van der Waals surface area contributed by atoms with Gasteiger partial charge in [-0.25, -0.2) is 4.98 Å². The highest BCUT2D eigenvalue weighted by molar-refractivity contribution is 8.00. The van der Waals surface area contributed by atoms with Gasteiger partial charge in [0.2, 0.25) is 11.8 Å². The Morgan fingerprint density at radius 3 is 2.89 bits per heavy atom. The zero-order valence-corrected chi connectivity index (χ0v) is 20.7. The van der Waals surface area contributed by atoms with E-state index in [9.17, 15) is 9.59 Å². The van der Waals surface area contributed by atoms with Crippen molar-refractivity contribution in [2.75, 3.05) is 30.1 Å². The van der Waals surface area contributed by atoms with Crippen molar-refractivity contribution in [1.82, 2.24) is 15.3 Å². The first-order valence-corrected chi connectivity index (χ1v) is 13.2. The van der Waals surface area contributed by atoms with Gasteiger partial charge in [-0.2, -0.15) is 0 Å². The van der Waals surface area contributed by atoms with Crippen LogP contribution in [0.3, 0.4) is 0 Å². The standard InChI is InChI=1S/C26H27N5O4S/c1-34-23-9-7-17-24(31-23)25-20(11-27-17)35-12-19(30-25)14-2-5-16(6-3-14)28-26(33)15-4-8-21-18(10-15)29-22(32)13-36-21/h4,7-11,14,16,19,30H,2-3,5-6,12-13H2,1H3,(H,28,33)(H,29,32). The maximum Gasteiger partial charge on any atom is 0.251 e. The highest BCUT2D eigenvalue weighted by Crippen LogP contribution is 2.38. The first kappa shape index (κ1) is 22.9. The lowest BCUT2D eigenvalue weighted by molar-refractivity contribution is -0.113. The number of amides is 2. The van der Waals surface area contributed by atoms with Gasteiger partial charge in [-0.3, -0.25) is 14.6 Å². The van der Waals surface area contributed by atoms with Crippen LogP contribution in [0.5, 0.6) is 11.6 Å². The molecule has 3 aromatic rings. The molecule has 3 N–H and O–H groups in total. The maximum atomic E-state index is 12.9. The third-order valence-electron chi connectivity index (χ3n) is 7.16. The second-order valence-electron chi connectivity index (χ2n) is 9.41. The molecule has 0 saturated heterocycles. The number of hydrogen-bond donors (Lipinski definition) is 3. The molecule has 186 valence electrons. The number of pyridine rings is 2. The number of fused-ring (bicyclic) bond motifs is 4. The minimum Gasteiger partial charge on any atom is -0.488 e. The number of nitrogens with zero attached hydrogens (tertiary/aromatic N) is 2. The number of anilines is 2. The van der Waals surface area contributed by atoms with Gasteiger partial charge in [0.15, 0.2) is 5.75 Å². The predicted octanol–water partition coefficient (Wildman–Crippen LogP) is 3.84. The Hall–Kier alpha value is -3.53. The van der Waals surface area contributed by atoms with E-state index in [4.69, 9.17) is 9.47 Å². The highest BCUT2D eigenvalue weighted by Gasteiger charge is 2.32. The summed E-state index contributed by atoms with van der Waals surface area (Å²) in [6.07, 6.45) is 5.52. The van der Waals surface area contributed by atoms with Gasteiger partial charge in [-0.15, -0.1) is 11.8 Å². The fourth-order valence-electron chi connectivity index (χ4n) is 5.21. The fraction of sp³-hybridized carbons (Fsp3) is 0.385. The minimum atomic E-state index is -0.0990. The number of methoxy groups -OCH3 is 1. The highest BCUT2D eigenvalue weighted by atomic mass is 32.2. The van der Waals surface area contributed by atoms with Gasteiger partial charge in [0.05, 0.1) is 36.3 Å². The van der Waals surface area contributed by atoms with Crippen LogP contribution in [-0.4, -0.2) is 53.3 Å². The molecule has 1 unspecified atom stereocenters. The second kappa shape index (κ2) is 9.50. The van der Waals surface area contributed by atoms with Gasteiger partial charge in [0.1, 0.15) is 17.8 Å². The van der Waals surface area contributed by atoms with Crippen LogP contribution in [-0.2, 0) is 4.79 Å². The topological polar surface area (TPSA) is 114 Å². The van der Waals surface area contributed by atoms with Crippen LogP contribution in [0.2, 0.25) is 0 Å². The average molecular weight is 506 g/mol. The Labute approximate surface area is 212 Å². The van der Waals surface area contributed by atoms with Gasteiger partial charge in [0, 0.05) is 22.6 Å². The Balaban J connectivity index is 1.09. The van der Waals surface area contributed by atoms with Gasteiger partial charge in [-0.1, -0.05) is 0 Å². The normalized spacial score (nSPS) is 22.9. The van der Waals surface area contributed by atoms with Crippen molar-refractivity contribution in [3.8, 4) is 11.6 Å². The van der Waals surface area contributed by atoms with E-state index >= 15 is 0 Å². The van der Waals surface area contributed by atoms with E-state index in [1.807, 2.05) is 18.2 Å². The van der Waals surface area contributed by atoms with Crippen LogP contribution >= 0.6 is 11.8 Å². The number of rotatable bonds is 4. The Kier molecular flexibility index (Phi) is 6.04. The van der Waals surface area contributed by atoms with Crippen molar-refractivity contribution in [3.05, 3.63) is 42.1 Å². The number of aromatic nitrogens is 2. The van der Waals surface area contributed by atoms with Crippen molar-refractivity contribution in [3.63, 3.8) is 0 Å². The van der Waals surface area contributed by atoms with E-state index in [0.717, 1.165) is 47.3 Å². The number of thioether (sulfide) groups is 1. The third kappa shape index (κ3) is 4.41. The summed E-state index contributed by atoms with van der Waals surface area (Å²) >= 11 is 1.49. The van der Waals surface area contributed by atoms with Crippen molar-refractivity contribution >= 4 is 46.0 Å². The largest absolute Gasteiger partial charge is 0.488 e. The lowest BCUT2D eigenvalue weighted by atomic mass is 9.81. The number of nitrogens with one attached hydrogen (secondary N) is 3.